The van der Waals surface area contributed by atoms with Crippen molar-refractivity contribution >= 4 is 0 Å². The Balaban J connectivity index is 3.50. The molecule has 0 aliphatic rings. The zero-order chi connectivity index (χ0) is 7.28. The molecule has 0 atom stereocenters. The van der Waals surface area contributed by atoms with Gasteiger partial charge < -0.3 is 10.2 Å². The summed E-state index contributed by atoms with van der Waals surface area (Å²) in [6.07, 6.45) is 2.90. The van der Waals surface area contributed by atoms with Gasteiger partial charge >= 0.3 is 0 Å². The van der Waals surface area contributed by atoms with Crippen LogP contribution < -0.4 is 0 Å². The van der Waals surface area contributed by atoms with Gasteiger partial charge in [-0.3, -0.25) is 0 Å². The normalized spacial score (nSPS) is 9.11. The van der Waals surface area contributed by atoms with Gasteiger partial charge in [-0.15, -0.1) is 0 Å². The molecule has 0 aliphatic carbocycles. The van der Waals surface area contributed by atoms with Crippen LogP contribution >= 0.6 is 0 Å². The lowest BCUT2D eigenvalue weighted by molar-refractivity contribution is 0.183. The summed E-state index contributed by atoms with van der Waals surface area (Å²) in [6.45, 7) is 3.80. The van der Waals surface area contributed by atoms with Gasteiger partial charge in [-0.1, -0.05) is 13.3 Å². The number of aliphatic hydroxyl groups excluding tert-OH is 1. The summed E-state index contributed by atoms with van der Waals surface area (Å²) in [5.74, 6) is -0.511. The molecule has 0 aromatic heterocycles. The molecule has 0 aromatic rings. The Bertz CT molecular complexity index is 101. The van der Waals surface area contributed by atoms with Crippen molar-refractivity contribution in [2.45, 2.75) is 33.1 Å². The molecule has 0 saturated heterocycles. The molecule has 0 unspecified atom stereocenters. The van der Waals surface area contributed by atoms with Crippen molar-refractivity contribution < 1.29 is 10.2 Å². The highest BCUT2D eigenvalue weighted by Crippen LogP contribution is 2.07. The molecule has 0 spiro atoms. The van der Waals surface area contributed by atoms with E-state index < -0.39 is 5.95 Å². The van der Waals surface area contributed by atoms with Crippen LogP contribution in [0.4, 0.5) is 0 Å². The van der Waals surface area contributed by atoms with E-state index in [1.165, 1.54) is 0 Å². The Kier molecular flexibility index (Phi) is 3.93. The van der Waals surface area contributed by atoms with Crippen LogP contribution in [0.5, 0.6) is 0 Å². The van der Waals surface area contributed by atoms with Crippen molar-refractivity contribution in [3.63, 3.8) is 0 Å². The van der Waals surface area contributed by atoms with Crippen LogP contribution in [-0.4, -0.2) is 10.2 Å². The molecule has 0 rings (SSSR count). The van der Waals surface area contributed by atoms with Gasteiger partial charge in [0.05, 0.1) is 0 Å². The van der Waals surface area contributed by atoms with Crippen LogP contribution in [0, 0.1) is 0 Å². The fourth-order valence-electron chi connectivity index (χ4n) is 0.554. The first-order chi connectivity index (χ1) is 4.18. The van der Waals surface area contributed by atoms with Gasteiger partial charge in [0.1, 0.15) is 0 Å². The van der Waals surface area contributed by atoms with Crippen LogP contribution in [0.2, 0.25) is 0 Å². The molecule has 0 fully saturated rings. The summed E-state index contributed by atoms with van der Waals surface area (Å²) in [6, 6.07) is 0. The second-order valence-electron chi connectivity index (χ2n) is 2.21. The van der Waals surface area contributed by atoms with E-state index in [1.807, 2.05) is 0 Å². The van der Waals surface area contributed by atoms with Crippen LogP contribution in [-0.2, 0) is 0 Å². The van der Waals surface area contributed by atoms with Crippen molar-refractivity contribution in [3.8, 4) is 0 Å². The van der Waals surface area contributed by atoms with Gasteiger partial charge in [0.2, 0.25) is 0 Å². The Morgan fingerprint density at radius 2 is 1.89 bits per heavy atom. The van der Waals surface area contributed by atoms with Crippen molar-refractivity contribution in [2.24, 2.45) is 0 Å². The summed E-state index contributed by atoms with van der Waals surface area (Å²) >= 11 is 0. The van der Waals surface area contributed by atoms with Gasteiger partial charge in [0.15, 0.2) is 0 Å². The topological polar surface area (TPSA) is 40.5 Å². The van der Waals surface area contributed by atoms with Crippen LogP contribution in [0.15, 0.2) is 11.5 Å². The lowest BCUT2D eigenvalue weighted by atomic mass is 10.1. The molecule has 54 valence electrons. The Morgan fingerprint density at radius 1 is 1.33 bits per heavy atom. The van der Waals surface area contributed by atoms with Gasteiger partial charge in [-0.2, -0.15) is 0 Å². The lowest BCUT2D eigenvalue weighted by Crippen LogP contribution is -1.85. The van der Waals surface area contributed by atoms with Gasteiger partial charge in [0.25, 0.3) is 5.95 Å². The minimum atomic E-state index is -0.511. The fourth-order valence-corrected chi connectivity index (χ4v) is 0.554. The van der Waals surface area contributed by atoms with E-state index in [9.17, 15) is 0 Å². The third kappa shape index (κ3) is 3.88. The summed E-state index contributed by atoms with van der Waals surface area (Å²) < 4.78 is 0. The predicted octanol–water partition coefficient (Wildman–Crippen LogP) is 2.52. The average molecular weight is 130 g/mol. The monoisotopic (exact) mass is 130 g/mol. The summed E-state index contributed by atoms with van der Waals surface area (Å²) in [7, 11) is 0. The lowest BCUT2D eigenvalue weighted by Gasteiger charge is -1.97. The van der Waals surface area contributed by atoms with E-state index in [-0.39, 0.29) is 0 Å². The molecule has 0 aliphatic heterocycles. The van der Waals surface area contributed by atoms with E-state index in [0.717, 1.165) is 19.3 Å². The van der Waals surface area contributed by atoms with Crippen molar-refractivity contribution in [2.75, 3.05) is 0 Å². The Labute approximate surface area is 55.8 Å². The van der Waals surface area contributed by atoms with E-state index in [0.29, 0.717) is 5.57 Å². The Hall–Kier alpha value is -0.660. The van der Waals surface area contributed by atoms with Crippen molar-refractivity contribution in [3.05, 3.63) is 11.5 Å². The van der Waals surface area contributed by atoms with Gasteiger partial charge in [-0.05, 0) is 19.8 Å². The fraction of sp³-hybridized carbons (Fsp3) is 0.714. The summed E-state index contributed by atoms with van der Waals surface area (Å²) in [5.41, 5.74) is 0.678. The molecule has 0 amide bonds. The van der Waals surface area contributed by atoms with E-state index in [4.69, 9.17) is 10.2 Å². The molecule has 0 saturated carbocycles. The van der Waals surface area contributed by atoms with Crippen LogP contribution in [0.1, 0.15) is 33.1 Å². The Morgan fingerprint density at radius 3 is 2.22 bits per heavy atom. The first-order valence-electron chi connectivity index (χ1n) is 3.26. The largest absolute Gasteiger partial charge is 0.481 e. The maximum atomic E-state index is 8.48. The number of unbranched alkanes of at least 4 members (excludes halogenated alkanes) is 1. The highest BCUT2D eigenvalue weighted by atomic mass is 16.5. The van der Waals surface area contributed by atoms with E-state index in [1.54, 1.807) is 6.92 Å². The predicted molar refractivity (Wildman–Crippen MR) is 37.5 cm³/mol. The molecule has 0 bridgehead atoms. The van der Waals surface area contributed by atoms with Gasteiger partial charge in [-0.25, -0.2) is 0 Å². The highest BCUT2D eigenvalue weighted by Gasteiger charge is 1.94. The molecule has 0 aromatic carbocycles. The number of aliphatic hydroxyl groups is 2. The summed E-state index contributed by atoms with van der Waals surface area (Å²) in [5, 5.41) is 17.0. The minimum absolute atomic E-state index is 0.511. The van der Waals surface area contributed by atoms with E-state index >= 15 is 0 Å². The smallest absolute Gasteiger partial charge is 0.272 e. The SMILES string of the molecule is CCCCC(C)=C(O)O. The average Bonchev–Trinajstić information content (AvgIpc) is 1.82. The highest BCUT2D eigenvalue weighted by molar-refractivity contribution is 4.96. The zero-order valence-electron chi connectivity index (χ0n) is 6.02. The van der Waals surface area contributed by atoms with Crippen LogP contribution in [0.3, 0.4) is 0 Å². The molecule has 2 heteroatoms. The maximum Gasteiger partial charge on any atom is 0.272 e. The molecule has 2 N–H and O–H groups in total. The number of rotatable bonds is 3. The number of allylic oxidation sites excluding steroid dienone is 1. The van der Waals surface area contributed by atoms with Crippen molar-refractivity contribution in [1.82, 2.24) is 0 Å². The molecule has 9 heavy (non-hydrogen) atoms. The first kappa shape index (κ1) is 8.34. The second-order valence-corrected chi connectivity index (χ2v) is 2.21. The second kappa shape index (κ2) is 4.24. The third-order valence-corrected chi connectivity index (χ3v) is 1.29. The number of hydrogen-bond acceptors (Lipinski definition) is 2. The van der Waals surface area contributed by atoms with Crippen molar-refractivity contribution in [1.29, 1.82) is 0 Å². The molecular formula is C7H14O2. The van der Waals surface area contributed by atoms with E-state index in [2.05, 4.69) is 6.92 Å². The molecule has 0 heterocycles. The van der Waals surface area contributed by atoms with Gasteiger partial charge in [0, 0.05) is 5.57 Å². The minimum Gasteiger partial charge on any atom is -0.481 e. The molecule has 2 nitrogen and oxygen atoms in total. The third-order valence-electron chi connectivity index (χ3n) is 1.29. The maximum absolute atomic E-state index is 8.48. The first-order valence-corrected chi connectivity index (χ1v) is 3.26. The van der Waals surface area contributed by atoms with Crippen LogP contribution in [0.25, 0.3) is 0 Å². The quantitative estimate of drug-likeness (QED) is 0.576. The standard InChI is InChI=1S/C7H14O2/c1-3-4-5-6(2)7(8)9/h8-9H,3-5H2,1-2H3. The summed E-state index contributed by atoms with van der Waals surface area (Å²) in [4.78, 5) is 0. The molecule has 0 radical (unpaired) electrons. The zero-order valence-corrected chi connectivity index (χ0v) is 6.02. The number of hydrogen-bond donors (Lipinski definition) is 2. The molecular weight excluding hydrogens is 116 g/mol.